The maximum Gasteiger partial charge on any atom is 0.0610 e. The lowest BCUT2D eigenvalue weighted by atomic mass is 9.85. The Morgan fingerprint density at radius 2 is 2.00 bits per heavy atom. The zero-order valence-corrected chi connectivity index (χ0v) is 13.4. The second-order valence-electron chi connectivity index (χ2n) is 6.66. The summed E-state index contributed by atoms with van der Waals surface area (Å²) >= 11 is 0. The number of nitrogens with zero attached hydrogens (tertiary/aromatic N) is 1. The van der Waals surface area contributed by atoms with Crippen molar-refractivity contribution in [3.8, 4) is 0 Å². The van der Waals surface area contributed by atoms with Crippen LogP contribution in [0.1, 0.15) is 59.3 Å². The molecule has 0 amide bonds. The van der Waals surface area contributed by atoms with Crippen LogP contribution in [0.15, 0.2) is 0 Å². The van der Waals surface area contributed by atoms with Crippen LogP contribution in [-0.4, -0.2) is 48.3 Å². The fourth-order valence-corrected chi connectivity index (χ4v) is 3.49. The maximum atomic E-state index is 9.50. The average molecular weight is 270 g/mol. The highest BCUT2D eigenvalue weighted by Crippen LogP contribution is 2.27. The van der Waals surface area contributed by atoms with Crippen LogP contribution in [0.4, 0.5) is 0 Å². The van der Waals surface area contributed by atoms with Crippen molar-refractivity contribution < 1.29 is 5.11 Å². The predicted octanol–water partition coefficient (Wildman–Crippen LogP) is 2.64. The van der Waals surface area contributed by atoms with Gasteiger partial charge in [-0.15, -0.1) is 0 Å². The van der Waals surface area contributed by atoms with E-state index < -0.39 is 0 Å². The van der Waals surface area contributed by atoms with Crippen LogP contribution in [-0.2, 0) is 0 Å². The fraction of sp³-hybridized carbons (Fsp3) is 1.00. The molecular formula is C16H34N2O. The van der Waals surface area contributed by atoms with Gasteiger partial charge in [-0.05, 0) is 58.7 Å². The van der Waals surface area contributed by atoms with Crippen LogP contribution in [0.2, 0.25) is 0 Å². The summed E-state index contributed by atoms with van der Waals surface area (Å²) in [7, 11) is 2.27. The largest absolute Gasteiger partial charge is 0.394 e. The number of aliphatic hydroxyl groups is 1. The van der Waals surface area contributed by atoms with Gasteiger partial charge in [0.25, 0.3) is 0 Å². The van der Waals surface area contributed by atoms with Crippen LogP contribution in [0.25, 0.3) is 0 Å². The summed E-state index contributed by atoms with van der Waals surface area (Å²) in [4.78, 5) is 2.55. The molecule has 19 heavy (non-hydrogen) atoms. The van der Waals surface area contributed by atoms with E-state index in [2.05, 4.69) is 38.0 Å². The molecule has 1 aliphatic carbocycles. The summed E-state index contributed by atoms with van der Waals surface area (Å²) in [5.74, 6) is 0.844. The highest BCUT2D eigenvalue weighted by atomic mass is 16.3. The number of aliphatic hydroxyl groups excluding tert-OH is 1. The minimum Gasteiger partial charge on any atom is -0.394 e. The average Bonchev–Trinajstić information content (AvgIpc) is 2.39. The van der Waals surface area contributed by atoms with E-state index in [1.807, 2.05) is 0 Å². The molecule has 0 radical (unpaired) electrons. The summed E-state index contributed by atoms with van der Waals surface area (Å²) in [6, 6.07) is 0.772. The molecule has 0 aromatic heterocycles. The molecule has 1 fully saturated rings. The van der Waals surface area contributed by atoms with E-state index in [-0.39, 0.29) is 12.1 Å². The number of hydrogen-bond acceptors (Lipinski definition) is 3. The molecule has 3 unspecified atom stereocenters. The van der Waals surface area contributed by atoms with Gasteiger partial charge in [-0.3, -0.25) is 0 Å². The fourth-order valence-electron chi connectivity index (χ4n) is 3.49. The van der Waals surface area contributed by atoms with Crippen molar-refractivity contribution in [2.45, 2.75) is 70.9 Å². The molecule has 3 atom stereocenters. The molecule has 114 valence electrons. The highest BCUT2D eigenvalue weighted by molar-refractivity contribution is 4.83. The molecule has 3 heteroatoms. The van der Waals surface area contributed by atoms with Crippen LogP contribution < -0.4 is 5.32 Å². The van der Waals surface area contributed by atoms with Gasteiger partial charge in [-0.2, -0.15) is 0 Å². The molecule has 0 heterocycles. The Morgan fingerprint density at radius 3 is 2.58 bits per heavy atom. The molecule has 0 aromatic carbocycles. The van der Waals surface area contributed by atoms with Gasteiger partial charge in [0.1, 0.15) is 0 Å². The first kappa shape index (κ1) is 16.9. The van der Waals surface area contributed by atoms with Crippen molar-refractivity contribution in [1.29, 1.82) is 0 Å². The van der Waals surface area contributed by atoms with Crippen LogP contribution in [0.5, 0.6) is 0 Å². The molecule has 1 aliphatic rings. The molecule has 2 N–H and O–H groups in total. The first-order valence-electron chi connectivity index (χ1n) is 8.08. The predicted molar refractivity (Wildman–Crippen MR) is 82.5 cm³/mol. The van der Waals surface area contributed by atoms with Gasteiger partial charge in [0.05, 0.1) is 6.61 Å². The SMILES string of the molecule is CCNC(C)(CO)CCCN(C)C1CCCCC1C. The Kier molecular flexibility index (Phi) is 7.33. The van der Waals surface area contributed by atoms with E-state index >= 15 is 0 Å². The van der Waals surface area contributed by atoms with E-state index in [1.165, 1.54) is 25.7 Å². The number of hydrogen-bond donors (Lipinski definition) is 2. The van der Waals surface area contributed by atoms with Crippen molar-refractivity contribution in [1.82, 2.24) is 10.2 Å². The topological polar surface area (TPSA) is 35.5 Å². The molecule has 3 nitrogen and oxygen atoms in total. The van der Waals surface area contributed by atoms with Crippen molar-refractivity contribution in [3.05, 3.63) is 0 Å². The molecule has 1 rings (SSSR count). The normalized spacial score (nSPS) is 27.5. The third kappa shape index (κ3) is 5.41. The molecule has 0 aliphatic heterocycles. The van der Waals surface area contributed by atoms with Gasteiger partial charge in [0.2, 0.25) is 0 Å². The van der Waals surface area contributed by atoms with Gasteiger partial charge in [0, 0.05) is 11.6 Å². The lowest BCUT2D eigenvalue weighted by molar-refractivity contribution is 0.124. The number of likely N-dealkylation sites (N-methyl/N-ethyl adjacent to an activating group) is 1. The summed E-state index contributed by atoms with van der Waals surface area (Å²) in [5.41, 5.74) is -0.103. The van der Waals surface area contributed by atoms with Gasteiger partial charge < -0.3 is 15.3 Å². The van der Waals surface area contributed by atoms with Gasteiger partial charge >= 0.3 is 0 Å². The van der Waals surface area contributed by atoms with E-state index in [9.17, 15) is 5.11 Å². The Bertz CT molecular complexity index is 247. The van der Waals surface area contributed by atoms with E-state index in [0.29, 0.717) is 0 Å². The highest BCUT2D eigenvalue weighted by Gasteiger charge is 2.26. The minimum absolute atomic E-state index is 0.103. The van der Waals surface area contributed by atoms with Gasteiger partial charge in [-0.25, -0.2) is 0 Å². The van der Waals surface area contributed by atoms with Crippen molar-refractivity contribution in [3.63, 3.8) is 0 Å². The van der Waals surface area contributed by atoms with Gasteiger partial charge in [0.15, 0.2) is 0 Å². The number of nitrogens with one attached hydrogen (secondary N) is 1. The zero-order chi connectivity index (χ0) is 14.3. The van der Waals surface area contributed by atoms with E-state index in [4.69, 9.17) is 0 Å². The minimum atomic E-state index is -0.103. The molecule has 0 spiro atoms. The second-order valence-corrected chi connectivity index (χ2v) is 6.66. The standard InChI is InChI=1S/C16H34N2O/c1-5-17-16(3,13-19)11-8-12-18(4)15-10-7-6-9-14(15)2/h14-15,17,19H,5-13H2,1-4H3. The quantitative estimate of drug-likeness (QED) is 0.712. The summed E-state index contributed by atoms with van der Waals surface area (Å²) in [5, 5.41) is 12.9. The molecule has 0 aromatic rings. The first-order chi connectivity index (χ1) is 9.02. The zero-order valence-electron chi connectivity index (χ0n) is 13.4. The Morgan fingerprint density at radius 1 is 1.32 bits per heavy atom. The molecule has 0 bridgehead atoms. The van der Waals surface area contributed by atoms with E-state index in [1.54, 1.807) is 0 Å². The first-order valence-corrected chi connectivity index (χ1v) is 8.08. The Labute approximate surface area is 119 Å². The van der Waals surface area contributed by atoms with E-state index in [0.717, 1.165) is 37.9 Å². The van der Waals surface area contributed by atoms with Crippen LogP contribution >= 0.6 is 0 Å². The van der Waals surface area contributed by atoms with Crippen molar-refractivity contribution in [2.24, 2.45) is 5.92 Å². The summed E-state index contributed by atoms with van der Waals surface area (Å²) in [6.07, 6.45) is 7.76. The molecular weight excluding hydrogens is 236 g/mol. The smallest absolute Gasteiger partial charge is 0.0610 e. The van der Waals surface area contributed by atoms with Crippen LogP contribution in [0, 0.1) is 5.92 Å². The van der Waals surface area contributed by atoms with Crippen molar-refractivity contribution in [2.75, 3.05) is 26.7 Å². The second kappa shape index (κ2) is 8.23. The van der Waals surface area contributed by atoms with Crippen LogP contribution in [0.3, 0.4) is 0 Å². The third-order valence-electron chi connectivity index (χ3n) is 4.82. The number of rotatable bonds is 8. The lowest BCUT2D eigenvalue weighted by Gasteiger charge is -2.37. The summed E-state index contributed by atoms with van der Waals surface area (Å²) < 4.78 is 0. The monoisotopic (exact) mass is 270 g/mol. The van der Waals surface area contributed by atoms with Gasteiger partial charge in [-0.1, -0.05) is 26.7 Å². The molecule has 1 saturated carbocycles. The third-order valence-corrected chi connectivity index (χ3v) is 4.82. The Hall–Kier alpha value is -0.120. The van der Waals surface area contributed by atoms with Crippen molar-refractivity contribution >= 4 is 0 Å². The summed E-state index contributed by atoms with van der Waals surface area (Å²) in [6.45, 7) is 8.92. The maximum absolute atomic E-state index is 9.50. The Balaban J connectivity index is 2.31. The lowest BCUT2D eigenvalue weighted by Crippen LogP contribution is -2.46. The molecule has 0 saturated heterocycles.